The van der Waals surface area contributed by atoms with Crippen LogP contribution in [0, 0.1) is 0 Å². The molecule has 4 nitrogen and oxygen atoms in total. The Morgan fingerprint density at radius 3 is 2.21 bits per heavy atom. The molecule has 1 unspecified atom stereocenters. The van der Waals surface area contributed by atoms with Gasteiger partial charge in [-0.25, -0.2) is 4.79 Å². The highest BCUT2D eigenvalue weighted by Gasteiger charge is 2.57. The standard InChI is InChI=1S/C12H14F3NO3/c1-19-9-4-2-8(3-5-9)6-7-11(16,10(17)18)12(13,14)15/h2-5H,6-7,16H2,1H3,(H,17,18). The topological polar surface area (TPSA) is 72.5 Å². The minimum absolute atomic E-state index is 0.0910. The number of carboxylic acids is 1. The Kier molecular flexibility index (Phi) is 4.41. The lowest BCUT2D eigenvalue weighted by molar-refractivity contribution is -0.203. The van der Waals surface area contributed by atoms with Gasteiger partial charge in [0.05, 0.1) is 7.11 Å². The van der Waals surface area contributed by atoms with Crippen LogP contribution in [0.5, 0.6) is 5.75 Å². The molecule has 0 aliphatic heterocycles. The van der Waals surface area contributed by atoms with Gasteiger partial charge in [0.15, 0.2) is 0 Å². The van der Waals surface area contributed by atoms with E-state index in [9.17, 15) is 18.0 Å². The molecule has 0 saturated carbocycles. The van der Waals surface area contributed by atoms with E-state index in [-0.39, 0.29) is 6.42 Å². The molecule has 0 bridgehead atoms. The normalized spacial score (nSPS) is 14.8. The van der Waals surface area contributed by atoms with E-state index in [0.29, 0.717) is 11.3 Å². The zero-order chi connectivity index (χ0) is 14.7. The lowest BCUT2D eigenvalue weighted by Gasteiger charge is -2.27. The molecule has 106 valence electrons. The van der Waals surface area contributed by atoms with Crippen molar-refractivity contribution in [2.45, 2.75) is 24.6 Å². The van der Waals surface area contributed by atoms with E-state index in [1.165, 1.54) is 7.11 Å². The van der Waals surface area contributed by atoms with E-state index in [1.54, 1.807) is 24.3 Å². The Hall–Kier alpha value is -1.76. The molecule has 0 fully saturated rings. The number of benzene rings is 1. The smallest absolute Gasteiger partial charge is 0.417 e. The Labute approximate surface area is 108 Å². The zero-order valence-corrected chi connectivity index (χ0v) is 10.2. The van der Waals surface area contributed by atoms with Gasteiger partial charge in [-0.1, -0.05) is 12.1 Å². The predicted octanol–water partition coefficient (Wildman–Crippen LogP) is 1.97. The maximum absolute atomic E-state index is 12.7. The molecule has 19 heavy (non-hydrogen) atoms. The molecule has 3 N–H and O–H groups in total. The second-order valence-corrected chi connectivity index (χ2v) is 4.12. The molecule has 1 rings (SSSR count). The Balaban J connectivity index is 2.80. The summed E-state index contributed by atoms with van der Waals surface area (Å²) in [5.41, 5.74) is 2.30. The molecule has 0 saturated heterocycles. The first kappa shape index (κ1) is 15.3. The van der Waals surface area contributed by atoms with Crippen molar-refractivity contribution in [2.75, 3.05) is 7.11 Å². The van der Waals surface area contributed by atoms with E-state index in [1.807, 2.05) is 0 Å². The number of halogens is 3. The van der Waals surface area contributed by atoms with Crippen LogP contribution in [-0.4, -0.2) is 29.9 Å². The Bertz CT molecular complexity index is 445. The maximum atomic E-state index is 12.7. The van der Waals surface area contributed by atoms with E-state index in [2.05, 4.69) is 0 Å². The molecule has 0 spiro atoms. The van der Waals surface area contributed by atoms with E-state index < -0.39 is 24.1 Å². The molecule has 1 aromatic carbocycles. The number of hydrogen-bond donors (Lipinski definition) is 2. The van der Waals surface area contributed by atoms with Crippen LogP contribution < -0.4 is 10.5 Å². The average molecular weight is 277 g/mol. The average Bonchev–Trinajstić information content (AvgIpc) is 2.34. The highest BCUT2D eigenvalue weighted by atomic mass is 19.4. The minimum atomic E-state index is -4.99. The lowest BCUT2D eigenvalue weighted by Crippen LogP contribution is -2.59. The van der Waals surface area contributed by atoms with Crippen molar-refractivity contribution < 1.29 is 27.8 Å². The van der Waals surface area contributed by atoms with Crippen LogP contribution in [0.2, 0.25) is 0 Å². The van der Waals surface area contributed by atoms with Gasteiger partial charge in [0.2, 0.25) is 5.54 Å². The van der Waals surface area contributed by atoms with Gasteiger partial charge < -0.3 is 15.6 Å². The summed E-state index contributed by atoms with van der Waals surface area (Å²) in [6.45, 7) is 0. The fraction of sp³-hybridized carbons (Fsp3) is 0.417. The molecular formula is C12H14F3NO3. The summed E-state index contributed by atoms with van der Waals surface area (Å²) >= 11 is 0. The number of carbonyl (C=O) groups is 1. The molecule has 0 aromatic heterocycles. The number of aliphatic carboxylic acids is 1. The predicted molar refractivity (Wildman–Crippen MR) is 61.9 cm³/mol. The molecule has 1 atom stereocenters. The fourth-order valence-electron chi connectivity index (χ4n) is 1.50. The first-order valence-electron chi connectivity index (χ1n) is 5.42. The van der Waals surface area contributed by atoms with Gasteiger partial charge in [-0.2, -0.15) is 13.2 Å². The van der Waals surface area contributed by atoms with Crippen molar-refractivity contribution >= 4 is 5.97 Å². The number of methoxy groups -OCH3 is 1. The maximum Gasteiger partial charge on any atom is 0.417 e. The highest BCUT2D eigenvalue weighted by Crippen LogP contribution is 2.32. The summed E-state index contributed by atoms with van der Waals surface area (Å²) < 4.78 is 42.9. The number of hydrogen-bond acceptors (Lipinski definition) is 3. The largest absolute Gasteiger partial charge is 0.497 e. The van der Waals surface area contributed by atoms with Crippen molar-refractivity contribution in [3.05, 3.63) is 29.8 Å². The molecule has 1 aromatic rings. The van der Waals surface area contributed by atoms with Gasteiger partial charge in [0.25, 0.3) is 0 Å². The summed E-state index contributed by atoms with van der Waals surface area (Å²) in [4.78, 5) is 10.7. The van der Waals surface area contributed by atoms with Gasteiger partial charge in [-0.15, -0.1) is 0 Å². The highest BCUT2D eigenvalue weighted by molar-refractivity contribution is 5.79. The molecule has 0 heterocycles. The van der Waals surface area contributed by atoms with Crippen molar-refractivity contribution in [1.82, 2.24) is 0 Å². The van der Waals surface area contributed by atoms with Crippen LogP contribution in [0.3, 0.4) is 0 Å². The monoisotopic (exact) mass is 277 g/mol. The molecule has 0 radical (unpaired) electrons. The number of ether oxygens (including phenoxy) is 1. The second-order valence-electron chi connectivity index (χ2n) is 4.12. The number of nitrogens with two attached hydrogens (primary N) is 1. The molecule has 0 aliphatic rings. The van der Waals surface area contributed by atoms with Crippen molar-refractivity contribution in [3.8, 4) is 5.75 Å². The van der Waals surface area contributed by atoms with Gasteiger partial charge in [-0.05, 0) is 30.5 Å². The van der Waals surface area contributed by atoms with Crippen LogP contribution in [-0.2, 0) is 11.2 Å². The van der Waals surface area contributed by atoms with Crippen LogP contribution in [0.4, 0.5) is 13.2 Å². The molecule has 0 aliphatic carbocycles. The molecule has 7 heteroatoms. The summed E-state index contributed by atoms with van der Waals surface area (Å²) in [7, 11) is 1.47. The summed E-state index contributed by atoms with van der Waals surface area (Å²) in [6.07, 6.45) is -5.81. The Morgan fingerprint density at radius 1 is 1.32 bits per heavy atom. The number of aryl methyl sites for hydroxylation is 1. The van der Waals surface area contributed by atoms with Crippen molar-refractivity contribution in [3.63, 3.8) is 0 Å². The van der Waals surface area contributed by atoms with Crippen LogP contribution in [0.25, 0.3) is 0 Å². The fourth-order valence-corrected chi connectivity index (χ4v) is 1.50. The summed E-state index contributed by atoms with van der Waals surface area (Å²) in [6, 6.07) is 6.30. The minimum Gasteiger partial charge on any atom is -0.497 e. The molecule has 0 amide bonds. The third-order valence-corrected chi connectivity index (χ3v) is 2.85. The second kappa shape index (κ2) is 5.48. The Morgan fingerprint density at radius 2 is 1.84 bits per heavy atom. The number of carboxylic acid groups (broad SMARTS) is 1. The van der Waals surface area contributed by atoms with E-state index >= 15 is 0 Å². The zero-order valence-electron chi connectivity index (χ0n) is 10.2. The van der Waals surface area contributed by atoms with Gasteiger partial charge in [0, 0.05) is 0 Å². The van der Waals surface area contributed by atoms with Crippen molar-refractivity contribution in [2.24, 2.45) is 5.73 Å². The first-order chi connectivity index (χ1) is 8.70. The van der Waals surface area contributed by atoms with E-state index in [4.69, 9.17) is 15.6 Å². The summed E-state index contributed by atoms with van der Waals surface area (Å²) in [5.74, 6) is -1.51. The summed E-state index contributed by atoms with van der Waals surface area (Å²) in [5, 5.41) is 8.66. The van der Waals surface area contributed by atoms with Gasteiger partial charge >= 0.3 is 12.1 Å². The number of alkyl halides is 3. The van der Waals surface area contributed by atoms with Gasteiger partial charge in [-0.3, -0.25) is 0 Å². The third kappa shape index (κ3) is 3.37. The molecular weight excluding hydrogens is 263 g/mol. The van der Waals surface area contributed by atoms with Gasteiger partial charge in [0.1, 0.15) is 5.75 Å². The van der Waals surface area contributed by atoms with E-state index in [0.717, 1.165) is 0 Å². The quantitative estimate of drug-likeness (QED) is 0.863. The van der Waals surface area contributed by atoms with Crippen LogP contribution >= 0.6 is 0 Å². The van der Waals surface area contributed by atoms with Crippen LogP contribution in [0.1, 0.15) is 12.0 Å². The third-order valence-electron chi connectivity index (χ3n) is 2.85. The SMILES string of the molecule is COc1ccc(CCC(N)(C(=O)O)C(F)(F)F)cc1. The number of rotatable bonds is 5. The van der Waals surface area contributed by atoms with Crippen LogP contribution in [0.15, 0.2) is 24.3 Å². The lowest BCUT2D eigenvalue weighted by atomic mass is 9.91. The van der Waals surface area contributed by atoms with Crippen molar-refractivity contribution in [1.29, 1.82) is 0 Å². The first-order valence-corrected chi connectivity index (χ1v) is 5.42.